The minimum Gasteiger partial charge on any atom is -0.387 e. The van der Waals surface area contributed by atoms with E-state index in [4.69, 9.17) is 34.5 Å². The van der Waals surface area contributed by atoms with Gasteiger partial charge in [0.25, 0.3) is 0 Å². The fourth-order valence-corrected chi connectivity index (χ4v) is 7.79. The van der Waals surface area contributed by atoms with Crippen molar-refractivity contribution < 1.29 is 80.7 Å². The van der Waals surface area contributed by atoms with Crippen molar-refractivity contribution in [2.24, 2.45) is 5.73 Å². The van der Waals surface area contributed by atoms with Gasteiger partial charge in [-0.3, -0.25) is 18.4 Å². The third-order valence-corrected chi connectivity index (χ3v) is 10.4. The smallest absolute Gasteiger partial charge is 0.387 e. The van der Waals surface area contributed by atoms with Crippen molar-refractivity contribution in [3.05, 3.63) is 30.3 Å². The highest BCUT2D eigenvalue weighted by Gasteiger charge is 2.53. The van der Waals surface area contributed by atoms with Crippen molar-refractivity contribution in [3.8, 4) is 0 Å². The van der Waals surface area contributed by atoms with Gasteiger partial charge in [0.15, 0.2) is 24.1 Å². The lowest BCUT2D eigenvalue weighted by molar-refractivity contribution is -0.114. The quantitative estimate of drug-likeness (QED) is 0.0886. The van der Waals surface area contributed by atoms with E-state index in [1.165, 1.54) is 28.2 Å². The van der Waals surface area contributed by atoms with Crippen LogP contribution >= 0.6 is 23.5 Å². The number of nitrogens with zero attached hydrogens (tertiary/aromatic N) is 4. The lowest BCUT2D eigenvalue weighted by Gasteiger charge is -2.30. The number of primary amides is 1. The predicted octanol–water partition coefficient (Wildman–Crippen LogP) is -3.25. The molecule has 1 amide bonds. The van der Waals surface area contributed by atoms with Gasteiger partial charge in [-0.2, -0.15) is 4.31 Å². The minimum absolute atomic E-state index is 0.0303. The summed E-state index contributed by atoms with van der Waals surface area (Å²) in [7, 11) is -16.2. The zero-order chi connectivity index (χ0) is 35.2. The highest BCUT2D eigenvalue weighted by molar-refractivity contribution is 7.61. The van der Waals surface area contributed by atoms with Crippen molar-refractivity contribution in [3.63, 3.8) is 0 Å². The Morgan fingerprint density at radius 3 is 2.23 bits per heavy atom. The second-order valence-electron chi connectivity index (χ2n) is 10.6. The molecule has 5 rings (SSSR count). The molecule has 268 valence electrons. The summed E-state index contributed by atoms with van der Waals surface area (Å²) < 4.78 is 66.3. The molecule has 4 aliphatic rings. The Kier molecular flexibility index (Phi) is 10.7. The number of anilines is 3. The van der Waals surface area contributed by atoms with Crippen molar-refractivity contribution in [2.75, 3.05) is 42.4 Å². The first-order valence-electron chi connectivity index (χ1n) is 13.7. The van der Waals surface area contributed by atoms with Crippen LogP contribution in [0.15, 0.2) is 30.3 Å². The van der Waals surface area contributed by atoms with Crippen LogP contribution in [0.4, 0.5) is 17.3 Å². The average Bonchev–Trinajstić information content (AvgIpc) is 3.64. The third-order valence-electron chi connectivity index (χ3n) is 7.31. The Morgan fingerprint density at radius 2 is 1.60 bits per heavy atom. The molecule has 2 unspecified atom stereocenters. The largest absolute Gasteiger partial charge is 0.481 e. The first-order chi connectivity index (χ1) is 22.4. The number of hydrogen-bond donors (Lipinski definition) is 10. The van der Waals surface area contributed by atoms with Crippen molar-refractivity contribution >= 4 is 46.7 Å². The maximum Gasteiger partial charge on any atom is 0.481 e. The average molecular weight is 747 g/mol. The van der Waals surface area contributed by atoms with Crippen molar-refractivity contribution in [2.45, 2.75) is 49.1 Å². The van der Waals surface area contributed by atoms with Crippen LogP contribution in [0.1, 0.15) is 0 Å². The van der Waals surface area contributed by atoms with E-state index in [1.807, 2.05) is 0 Å². The van der Waals surface area contributed by atoms with Gasteiger partial charge >= 0.3 is 23.5 Å². The van der Waals surface area contributed by atoms with Crippen LogP contribution in [0.3, 0.4) is 0 Å². The molecule has 24 nitrogen and oxygen atoms in total. The lowest BCUT2D eigenvalue weighted by atomic mass is 10.1. The highest BCUT2D eigenvalue weighted by Crippen LogP contribution is 2.61. The molecule has 0 saturated carbocycles. The van der Waals surface area contributed by atoms with Gasteiger partial charge in [-0.05, 0) is 0 Å². The SMILES string of the molecule is NC(=O)C1=CN([C@@H]2O[C@H](COP(=O)(O)OP(=O)(O)OC[C@H]3O[C@@H](N4CNc5c(N)ncnc54)[C@H](OP(=O)(O)O)[C@@H]3O)[C@@H](O)[C@H]2O)CC=C1. The topological polar surface area (TPSA) is 362 Å². The number of carbonyl (C=O) groups excluding carboxylic acids is 1. The number of phosphoric acid groups is 3. The molecule has 1 aromatic rings. The fourth-order valence-electron chi connectivity index (χ4n) is 5.16. The molecular weight excluding hydrogens is 715 g/mol. The molecule has 2 fully saturated rings. The molecular formula is C21H32N7O17P3. The van der Waals surface area contributed by atoms with Crippen LogP contribution in [-0.4, -0.2) is 131 Å². The van der Waals surface area contributed by atoms with E-state index in [0.717, 1.165) is 6.33 Å². The monoisotopic (exact) mass is 747 g/mol. The van der Waals surface area contributed by atoms with Crippen molar-refractivity contribution in [1.29, 1.82) is 0 Å². The Balaban J connectivity index is 1.18. The van der Waals surface area contributed by atoms with Gasteiger partial charge in [-0.25, -0.2) is 23.7 Å². The molecule has 12 N–H and O–H groups in total. The molecule has 2 saturated heterocycles. The van der Waals surface area contributed by atoms with Gasteiger partial charge in [0.2, 0.25) is 5.91 Å². The number of aliphatic hydroxyl groups is 3. The first kappa shape index (κ1) is 36.7. The number of nitrogen functional groups attached to an aromatic ring is 1. The van der Waals surface area contributed by atoms with Gasteiger partial charge in [0.05, 0.1) is 25.5 Å². The molecule has 1 aromatic heterocycles. The van der Waals surface area contributed by atoms with Crippen molar-refractivity contribution in [1.82, 2.24) is 14.9 Å². The number of rotatable bonds is 13. The summed E-state index contributed by atoms with van der Waals surface area (Å²) in [6, 6.07) is 0. The number of nitrogens with one attached hydrogen (secondary N) is 1. The number of phosphoric ester groups is 3. The zero-order valence-corrected chi connectivity index (χ0v) is 26.9. The molecule has 0 radical (unpaired) electrons. The van der Waals surface area contributed by atoms with Crippen LogP contribution in [0.5, 0.6) is 0 Å². The van der Waals surface area contributed by atoms with Gasteiger partial charge in [-0.15, -0.1) is 0 Å². The first-order valence-corrected chi connectivity index (χ1v) is 18.2. The van der Waals surface area contributed by atoms with Gasteiger partial charge in [-0.1, -0.05) is 12.2 Å². The van der Waals surface area contributed by atoms with Crippen LogP contribution in [0, 0.1) is 0 Å². The second kappa shape index (κ2) is 14.0. The fraction of sp³-hybridized carbons (Fsp3) is 0.571. The number of carbonyl (C=O) groups is 1. The minimum atomic E-state index is -5.50. The van der Waals surface area contributed by atoms with Crippen LogP contribution < -0.4 is 21.7 Å². The van der Waals surface area contributed by atoms with E-state index in [0.29, 0.717) is 0 Å². The molecule has 0 bridgehead atoms. The normalized spacial score (nSPS) is 32.8. The molecule has 48 heavy (non-hydrogen) atoms. The Bertz CT molecular complexity index is 1600. The highest BCUT2D eigenvalue weighted by atomic mass is 31.3. The molecule has 0 aromatic carbocycles. The Hall–Kier alpha value is -2.60. The number of amides is 1. The number of aromatic nitrogens is 2. The van der Waals surface area contributed by atoms with Gasteiger partial charge in [0, 0.05) is 12.7 Å². The standard InChI is InChI=1S/C21H32N7O17P3/c22-17-12-19(25-7-24-17)28(8-26-12)21-16(44-46(33,34)35)14(30)11(43-21)6-41-48(38,39)45-47(36,37)40-5-10-13(29)15(31)20(42-10)27-3-1-2-9(4-27)18(23)32/h1-2,4,7,10-11,13-16,20-21,26,29-31H,3,5-6,8H2,(H2,23,32)(H,36,37)(H,38,39)(H2,22,24,25)(H2,33,34,35)/t10-,11-,13-,14-,15-,16-,20-,21-/m1/s1. The maximum absolute atomic E-state index is 12.6. The lowest BCUT2D eigenvalue weighted by Crippen LogP contribution is -2.45. The van der Waals surface area contributed by atoms with E-state index in [-0.39, 0.29) is 36.1 Å². The second-order valence-corrected chi connectivity index (χ2v) is 14.8. The van der Waals surface area contributed by atoms with E-state index >= 15 is 0 Å². The molecule has 4 aliphatic heterocycles. The number of hydrogen-bond acceptors (Lipinski definition) is 19. The summed E-state index contributed by atoms with van der Waals surface area (Å²) >= 11 is 0. The van der Waals surface area contributed by atoms with Crippen LogP contribution in [-0.2, 0) is 45.8 Å². The van der Waals surface area contributed by atoms with Gasteiger partial charge in [0.1, 0.15) is 48.6 Å². The van der Waals surface area contributed by atoms with E-state index < -0.39 is 91.7 Å². The predicted molar refractivity (Wildman–Crippen MR) is 155 cm³/mol. The number of fused-ring (bicyclic) bond motifs is 1. The van der Waals surface area contributed by atoms with Crippen LogP contribution in [0.2, 0.25) is 0 Å². The summed E-state index contributed by atoms with van der Waals surface area (Å²) in [5, 5.41) is 34.4. The summed E-state index contributed by atoms with van der Waals surface area (Å²) in [5.74, 6) is -0.621. The van der Waals surface area contributed by atoms with Crippen LogP contribution in [0.25, 0.3) is 0 Å². The maximum atomic E-state index is 12.6. The zero-order valence-electron chi connectivity index (χ0n) is 24.3. The summed E-state index contributed by atoms with van der Waals surface area (Å²) in [4.78, 5) is 61.0. The summed E-state index contributed by atoms with van der Waals surface area (Å²) in [6.45, 7) is -1.95. The number of aliphatic hydroxyl groups excluding tert-OH is 3. The van der Waals surface area contributed by atoms with Gasteiger partial charge < -0.3 is 71.0 Å². The summed E-state index contributed by atoms with van der Waals surface area (Å²) in [6.07, 6.45) is -7.42. The summed E-state index contributed by atoms with van der Waals surface area (Å²) in [5.41, 5.74) is 11.4. The number of ether oxygens (including phenoxy) is 2. The molecule has 5 heterocycles. The van der Waals surface area contributed by atoms with E-state index in [9.17, 15) is 53.4 Å². The molecule has 0 aliphatic carbocycles. The molecule has 0 spiro atoms. The Morgan fingerprint density at radius 1 is 0.979 bits per heavy atom. The van der Waals surface area contributed by atoms with E-state index in [2.05, 4.69) is 19.6 Å². The third kappa shape index (κ3) is 8.22. The number of nitrogens with two attached hydrogens (primary N) is 2. The van der Waals surface area contributed by atoms with E-state index in [1.54, 1.807) is 0 Å². The Labute approximate surface area is 269 Å². The molecule has 10 atom stereocenters. The molecule has 27 heteroatoms.